The quantitative estimate of drug-likeness (QED) is 0.642. The molecule has 6 heteroatoms. The molecule has 0 saturated heterocycles. The first-order chi connectivity index (χ1) is 9.26. The van der Waals surface area contributed by atoms with Crippen molar-refractivity contribution in [3.63, 3.8) is 0 Å². The molecule has 0 unspecified atom stereocenters. The van der Waals surface area contributed by atoms with Crippen molar-refractivity contribution < 1.29 is 0 Å². The van der Waals surface area contributed by atoms with Crippen LogP contribution in [-0.2, 0) is 19.5 Å². The Morgan fingerprint density at radius 1 is 1.42 bits per heavy atom. The third-order valence-electron chi connectivity index (χ3n) is 3.39. The van der Waals surface area contributed by atoms with Gasteiger partial charge in [-0.25, -0.2) is 15.0 Å². The fraction of sp³-hybridized carbons (Fsp3) is 0.462. The first-order valence-corrected chi connectivity index (χ1v) is 8.37. The van der Waals surface area contributed by atoms with Crippen LogP contribution in [0.2, 0.25) is 0 Å². The zero-order chi connectivity index (χ0) is 13.2. The number of nitrogens with zero attached hydrogens (tertiary/aromatic N) is 4. The third-order valence-corrected chi connectivity index (χ3v) is 4.87. The lowest BCUT2D eigenvalue weighted by molar-refractivity contribution is 0.243. The van der Waals surface area contributed by atoms with Crippen molar-refractivity contribution in [2.75, 3.05) is 12.8 Å². The van der Waals surface area contributed by atoms with E-state index in [1.165, 1.54) is 16.1 Å². The number of thiazole rings is 1. The van der Waals surface area contributed by atoms with Crippen molar-refractivity contribution in [2.24, 2.45) is 0 Å². The molecule has 4 nitrogen and oxygen atoms in total. The van der Waals surface area contributed by atoms with Gasteiger partial charge in [0, 0.05) is 42.7 Å². The van der Waals surface area contributed by atoms with Crippen LogP contribution in [0.1, 0.15) is 21.8 Å². The summed E-state index contributed by atoms with van der Waals surface area (Å²) >= 11 is 3.35. The van der Waals surface area contributed by atoms with Crippen molar-refractivity contribution in [1.82, 2.24) is 19.9 Å². The van der Waals surface area contributed by atoms with Gasteiger partial charge in [-0.3, -0.25) is 4.90 Å². The summed E-state index contributed by atoms with van der Waals surface area (Å²) in [5.74, 6) is 0. The summed E-state index contributed by atoms with van der Waals surface area (Å²) in [5.41, 5.74) is 5.57. The van der Waals surface area contributed by atoms with Gasteiger partial charge in [0.2, 0.25) is 0 Å². The summed E-state index contributed by atoms with van der Waals surface area (Å²) in [7, 11) is 0. The predicted molar refractivity (Wildman–Crippen MR) is 78.5 cm³/mol. The van der Waals surface area contributed by atoms with E-state index in [0.717, 1.165) is 36.9 Å². The topological polar surface area (TPSA) is 41.9 Å². The molecule has 0 fully saturated rings. The maximum absolute atomic E-state index is 4.60. The molecule has 0 atom stereocenters. The Kier molecular flexibility index (Phi) is 3.81. The molecular weight excluding hydrogens is 276 g/mol. The molecule has 0 aromatic carbocycles. The van der Waals surface area contributed by atoms with Crippen LogP contribution in [-0.4, -0.2) is 32.7 Å². The van der Waals surface area contributed by atoms with E-state index in [1.54, 1.807) is 23.1 Å². The molecule has 3 heterocycles. The number of aromatic nitrogens is 3. The summed E-state index contributed by atoms with van der Waals surface area (Å²) in [4.78, 5) is 17.1. The summed E-state index contributed by atoms with van der Waals surface area (Å²) < 4.78 is 0. The molecule has 1 aliphatic heterocycles. The molecule has 2 aromatic rings. The minimum atomic E-state index is 0.880. The molecule has 0 aliphatic carbocycles. The van der Waals surface area contributed by atoms with Gasteiger partial charge < -0.3 is 0 Å². The number of hydrogen-bond acceptors (Lipinski definition) is 6. The molecule has 0 bridgehead atoms. The van der Waals surface area contributed by atoms with Crippen molar-refractivity contribution in [1.29, 1.82) is 0 Å². The lowest BCUT2D eigenvalue weighted by Gasteiger charge is -2.27. The van der Waals surface area contributed by atoms with Gasteiger partial charge >= 0.3 is 0 Å². The number of fused-ring (bicyclic) bond motifs is 1. The van der Waals surface area contributed by atoms with E-state index >= 15 is 0 Å². The highest BCUT2D eigenvalue weighted by Gasteiger charge is 2.19. The first kappa shape index (κ1) is 13.0. The molecule has 100 valence electrons. The highest BCUT2D eigenvalue weighted by atomic mass is 32.2. The van der Waals surface area contributed by atoms with Crippen LogP contribution in [0.4, 0.5) is 0 Å². The van der Waals surface area contributed by atoms with Gasteiger partial charge in [-0.1, -0.05) is 11.8 Å². The SMILES string of the molecule is CSc1ncc2c(n1)CCN(Cc1scnc1C)C2. The van der Waals surface area contributed by atoms with Crippen LogP contribution < -0.4 is 0 Å². The Labute approximate surface area is 121 Å². The van der Waals surface area contributed by atoms with Gasteiger partial charge in [0.15, 0.2) is 5.16 Å². The van der Waals surface area contributed by atoms with Crippen LogP contribution >= 0.6 is 23.1 Å². The predicted octanol–water partition coefficient (Wildman–Crippen LogP) is 2.52. The summed E-state index contributed by atoms with van der Waals surface area (Å²) in [6, 6.07) is 0. The van der Waals surface area contributed by atoms with Gasteiger partial charge in [0.05, 0.1) is 16.9 Å². The summed E-state index contributed by atoms with van der Waals surface area (Å²) in [6.45, 7) is 5.08. The van der Waals surface area contributed by atoms with Crippen molar-refractivity contribution in [3.05, 3.63) is 33.5 Å². The van der Waals surface area contributed by atoms with Crippen LogP contribution in [0.25, 0.3) is 0 Å². The van der Waals surface area contributed by atoms with Crippen molar-refractivity contribution in [3.8, 4) is 0 Å². The van der Waals surface area contributed by atoms with Crippen molar-refractivity contribution in [2.45, 2.75) is 31.6 Å². The van der Waals surface area contributed by atoms with Gasteiger partial charge in [0.1, 0.15) is 0 Å². The highest BCUT2D eigenvalue weighted by Crippen LogP contribution is 2.22. The fourth-order valence-electron chi connectivity index (χ4n) is 2.27. The molecule has 1 aliphatic rings. The number of thioether (sulfide) groups is 1. The average molecular weight is 292 g/mol. The van der Waals surface area contributed by atoms with Gasteiger partial charge in [0.25, 0.3) is 0 Å². The molecule has 2 aromatic heterocycles. The van der Waals surface area contributed by atoms with Gasteiger partial charge in [-0.15, -0.1) is 11.3 Å². The Bertz CT molecular complexity index is 582. The highest BCUT2D eigenvalue weighted by molar-refractivity contribution is 7.98. The maximum atomic E-state index is 4.60. The third kappa shape index (κ3) is 2.80. The monoisotopic (exact) mass is 292 g/mol. The van der Waals surface area contributed by atoms with E-state index in [-0.39, 0.29) is 0 Å². The normalized spacial score (nSPS) is 15.5. The molecule has 19 heavy (non-hydrogen) atoms. The number of hydrogen-bond donors (Lipinski definition) is 0. The maximum Gasteiger partial charge on any atom is 0.187 e. The largest absolute Gasteiger partial charge is 0.293 e. The van der Waals surface area contributed by atoms with Gasteiger partial charge in [-0.05, 0) is 13.2 Å². The van der Waals surface area contributed by atoms with E-state index in [4.69, 9.17) is 0 Å². The zero-order valence-corrected chi connectivity index (χ0v) is 12.7. The minimum absolute atomic E-state index is 0.880. The number of rotatable bonds is 3. The van der Waals surface area contributed by atoms with Gasteiger partial charge in [-0.2, -0.15) is 0 Å². The molecule has 0 amide bonds. The molecule has 3 rings (SSSR count). The average Bonchev–Trinajstić information content (AvgIpc) is 2.84. The minimum Gasteiger partial charge on any atom is -0.293 e. The molecule has 0 radical (unpaired) electrons. The van der Waals surface area contributed by atoms with E-state index < -0.39 is 0 Å². The molecule has 0 saturated carbocycles. The second-order valence-corrected chi connectivity index (χ2v) is 6.36. The second-order valence-electron chi connectivity index (χ2n) is 4.65. The van der Waals surface area contributed by atoms with Crippen molar-refractivity contribution >= 4 is 23.1 Å². The zero-order valence-electron chi connectivity index (χ0n) is 11.1. The van der Waals surface area contributed by atoms with Crippen LogP contribution in [0.15, 0.2) is 16.9 Å². The molecule has 0 spiro atoms. The smallest absolute Gasteiger partial charge is 0.187 e. The first-order valence-electron chi connectivity index (χ1n) is 6.26. The lowest BCUT2D eigenvalue weighted by Crippen LogP contribution is -2.30. The van der Waals surface area contributed by atoms with Crippen LogP contribution in [0, 0.1) is 6.92 Å². The van der Waals surface area contributed by atoms with E-state index in [0.29, 0.717) is 0 Å². The second kappa shape index (κ2) is 5.56. The van der Waals surface area contributed by atoms with Crippen LogP contribution in [0.5, 0.6) is 0 Å². The molecule has 0 N–H and O–H groups in total. The summed E-state index contributed by atoms with van der Waals surface area (Å²) in [5, 5.41) is 0.880. The number of aryl methyl sites for hydroxylation is 1. The Balaban J connectivity index is 1.74. The lowest BCUT2D eigenvalue weighted by atomic mass is 10.1. The Hall–Kier alpha value is -0.980. The van der Waals surface area contributed by atoms with E-state index in [9.17, 15) is 0 Å². The summed E-state index contributed by atoms with van der Waals surface area (Å²) in [6.07, 6.45) is 5.02. The van der Waals surface area contributed by atoms with E-state index in [1.807, 2.05) is 18.0 Å². The Morgan fingerprint density at radius 3 is 3.05 bits per heavy atom. The Morgan fingerprint density at radius 2 is 2.32 bits per heavy atom. The fourth-order valence-corrected chi connectivity index (χ4v) is 3.45. The molecular formula is C13H16N4S2. The van der Waals surface area contributed by atoms with Crippen LogP contribution in [0.3, 0.4) is 0 Å². The van der Waals surface area contributed by atoms with E-state index in [2.05, 4.69) is 26.8 Å². The standard InChI is InChI=1S/C13H16N4S2/c1-9-12(19-8-15-9)7-17-4-3-11-10(6-17)5-14-13(16-11)18-2/h5,8H,3-4,6-7H2,1-2H3.